The van der Waals surface area contributed by atoms with E-state index in [0.29, 0.717) is 19.4 Å². The van der Waals surface area contributed by atoms with Gasteiger partial charge in [0.2, 0.25) is 5.91 Å². The topological polar surface area (TPSA) is 175 Å². The Labute approximate surface area is 434 Å². The van der Waals surface area contributed by atoms with E-state index in [0.717, 1.165) is 77.0 Å². The molecule has 0 aliphatic carbocycles. The molecule has 11 heteroatoms. The third-order valence-electron chi connectivity index (χ3n) is 14.0. The van der Waals surface area contributed by atoms with Crippen molar-refractivity contribution >= 4 is 11.9 Å². The number of hydrogen-bond acceptors (Lipinski definition) is 10. The highest BCUT2D eigenvalue weighted by molar-refractivity contribution is 5.76. The minimum atomic E-state index is -1.57. The molecule has 0 aromatic heterocycles. The monoisotopic (exact) mass is 1010 g/mol. The number of rotatable bonds is 51. The minimum absolute atomic E-state index is 0.0167. The molecule has 1 aliphatic rings. The van der Waals surface area contributed by atoms with E-state index in [4.69, 9.17) is 14.2 Å². The van der Waals surface area contributed by atoms with Crippen LogP contribution in [-0.4, -0.2) is 100 Å². The zero-order valence-corrected chi connectivity index (χ0v) is 45.7. The smallest absolute Gasteiger partial charge is 0.305 e. The number of ether oxygens (including phenoxy) is 3. The largest absolute Gasteiger partial charge is 0.466 e. The summed E-state index contributed by atoms with van der Waals surface area (Å²) in [4.78, 5) is 25.0. The molecule has 1 saturated heterocycles. The lowest BCUT2D eigenvalue weighted by atomic mass is 9.99. The Hall–Kier alpha value is -2.12. The molecule has 416 valence electrons. The second kappa shape index (κ2) is 50.1. The van der Waals surface area contributed by atoms with Gasteiger partial charge in [0, 0.05) is 12.8 Å². The molecule has 1 fully saturated rings. The van der Waals surface area contributed by atoms with Gasteiger partial charge in [-0.3, -0.25) is 9.59 Å². The van der Waals surface area contributed by atoms with Gasteiger partial charge in [-0.2, -0.15) is 0 Å². The summed E-state index contributed by atoms with van der Waals surface area (Å²) in [7, 11) is 0. The van der Waals surface area contributed by atoms with Crippen molar-refractivity contribution in [3.8, 4) is 0 Å². The Morgan fingerprint density at radius 2 is 0.901 bits per heavy atom. The maximum atomic E-state index is 13.0. The lowest BCUT2D eigenvalue weighted by molar-refractivity contribution is -0.302. The molecule has 1 amide bonds. The lowest BCUT2D eigenvalue weighted by Crippen LogP contribution is -2.60. The zero-order chi connectivity index (χ0) is 51.7. The number of amides is 1. The Morgan fingerprint density at radius 3 is 1.35 bits per heavy atom. The number of hydrogen-bond donors (Lipinski definition) is 6. The van der Waals surface area contributed by atoms with Crippen molar-refractivity contribution in [2.45, 2.75) is 314 Å². The predicted molar refractivity (Wildman–Crippen MR) is 292 cm³/mol. The normalized spacial score (nSPS) is 19.3. The molecular formula is C60H111NO10. The van der Waals surface area contributed by atoms with Gasteiger partial charge in [-0.25, -0.2) is 0 Å². The first-order chi connectivity index (χ1) is 34.7. The van der Waals surface area contributed by atoms with Crippen LogP contribution in [0.25, 0.3) is 0 Å². The second-order valence-corrected chi connectivity index (χ2v) is 20.7. The highest BCUT2D eigenvalue weighted by Gasteiger charge is 2.44. The third kappa shape index (κ3) is 39.9. The molecule has 0 spiro atoms. The van der Waals surface area contributed by atoms with E-state index >= 15 is 0 Å². The van der Waals surface area contributed by atoms with E-state index in [2.05, 4.69) is 43.5 Å². The van der Waals surface area contributed by atoms with Gasteiger partial charge < -0.3 is 45.1 Å². The second-order valence-electron chi connectivity index (χ2n) is 20.7. The number of aliphatic hydroxyl groups excluding tert-OH is 5. The number of aliphatic hydroxyl groups is 5. The summed E-state index contributed by atoms with van der Waals surface area (Å²) >= 11 is 0. The highest BCUT2D eigenvalue weighted by atomic mass is 16.7. The SMILES string of the molecule is CCCCCCC/C=C\CCCCCCCC(=O)OCCCCCCCCCCC/C=C\CCCCCCCCCC(=O)NC(COC1OC(CO)C(O)C(O)C1O)C(O)/C=C/CCCCCCCCC. The minimum Gasteiger partial charge on any atom is -0.466 e. The van der Waals surface area contributed by atoms with Crippen molar-refractivity contribution in [1.82, 2.24) is 5.32 Å². The molecular weight excluding hydrogens is 895 g/mol. The van der Waals surface area contributed by atoms with Crippen molar-refractivity contribution in [3.05, 3.63) is 36.5 Å². The van der Waals surface area contributed by atoms with Gasteiger partial charge in [-0.05, 0) is 83.5 Å². The molecule has 0 aromatic rings. The first-order valence-corrected chi connectivity index (χ1v) is 29.8. The van der Waals surface area contributed by atoms with Gasteiger partial charge in [0.15, 0.2) is 6.29 Å². The number of carbonyl (C=O) groups is 2. The summed E-state index contributed by atoms with van der Waals surface area (Å²) in [5.74, 6) is -0.210. The summed E-state index contributed by atoms with van der Waals surface area (Å²) in [5.41, 5.74) is 0. The van der Waals surface area contributed by atoms with Crippen molar-refractivity contribution in [3.63, 3.8) is 0 Å². The first-order valence-electron chi connectivity index (χ1n) is 29.8. The Kier molecular flexibility index (Phi) is 47.2. The van der Waals surface area contributed by atoms with E-state index in [-0.39, 0.29) is 18.5 Å². The van der Waals surface area contributed by atoms with E-state index in [9.17, 15) is 35.1 Å². The maximum absolute atomic E-state index is 13.0. The zero-order valence-electron chi connectivity index (χ0n) is 45.7. The van der Waals surface area contributed by atoms with Gasteiger partial charge in [0.1, 0.15) is 24.4 Å². The Morgan fingerprint density at radius 1 is 0.507 bits per heavy atom. The molecule has 6 N–H and O–H groups in total. The van der Waals surface area contributed by atoms with Gasteiger partial charge in [0.05, 0.1) is 32.0 Å². The van der Waals surface area contributed by atoms with Gasteiger partial charge >= 0.3 is 5.97 Å². The van der Waals surface area contributed by atoms with Crippen molar-refractivity contribution < 1.29 is 49.3 Å². The number of nitrogens with one attached hydrogen (secondary N) is 1. The molecule has 71 heavy (non-hydrogen) atoms. The Bertz CT molecular complexity index is 1280. The van der Waals surface area contributed by atoms with E-state index in [1.165, 1.54) is 167 Å². The number of allylic oxidation sites excluding steroid dienone is 5. The predicted octanol–water partition coefficient (Wildman–Crippen LogP) is 13.5. The summed E-state index contributed by atoms with van der Waals surface area (Å²) in [6.07, 6.45) is 51.0. The number of carbonyl (C=O) groups excluding carboxylic acids is 2. The van der Waals surface area contributed by atoms with Crippen molar-refractivity contribution in [2.75, 3.05) is 19.8 Å². The Balaban J connectivity index is 2.03. The molecule has 7 unspecified atom stereocenters. The van der Waals surface area contributed by atoms with E-state index in [1.807, 2.05) is 6.08 Å². The molecule has 1 heterocycles. The molecule has 0 aromatic carbocycles. The van der Waals surface area contributed by atoms with Crippen LogP contribution in [0.5, 0.6) is 0 Å². The maximum Gasteiger partial charge on any atom is 0.305 e. The summed E-state index contributed by atoms with van der Waals surface area (Å²) < 4.78 is 16.7. The van der Waals surface area contributed by atoms with Crippen LogP contribution in [0.3, 0.4) is 0 Å². The van der Waals surface area contributed by atoms with Crippen LogP contribution in [0.15, 0.2) is 36.5 Å². The van der Waals surface area contributed by atoms with Crippen molar-refractivity contribution in [1.29, 1.82) is 0 Å². The van der Waals surface area contributed by atoms with E-state index in [1.54, 1.807) is 6.08 Å². The summed E-state index contributed by atoms with van der Waals surface area (Å²) in [6.45, 7) is 4.29. The van der Waals surface area contributed by atoms with Gasteiger partial charge in [-0.1, -0.05) is 211 Å². The average molecular weight is 1010 g/mol. The fourth-order valence-corrected chi connectivity index (χ4v) is 9.19. The van der Waals surface area contributed by atoms with Crippen LogP contribution >= 0.6 is 0 Å². The molecule has 11 nitrogen and oxygen atoms in total. The fraction of sp³-hybridized carbons (Fsp3) is 0.867. The average Bonchev–Trinajstić information content (AvgIpc) is 3.37. The van der Waals surface area contributed by atoms with Gasteiger partial charge in [0.25, 0.3) is 0 Å². The molecule has 1 rings (SSSR count). The molecule has 1 aliphatic heterocycles. The van der Waals surface area contributed by atoms with Crippen LogP contribution in [0, 0.1) is 0 Å². The summed E-state index contributed by atoms with van der Waals surface area (Å²) in [6, 6.07) is -0.815. The number of unbranched alkanes of at least 4 members (excludes halogenated alkanes) is 33. The van der Waals surface area contributed by atoms with Crippen LogP contribution in [0.2, 0.25) is 0 Å². The van der Waals surface area contributed by atoms with Crippen LogP contribution in [0.1, 0.15) is 271 Å². The van der Waals surface area contributed by atoms with Crippen LogP contribution in [-0.2, 0) is 23.8 Å². The molecule has 0 bridgehead atoms. The first kappa shape index (κ1) is 66.9. The molecule has 7 atom stereocenters. The van der Waals surface area contributed by atoms with Crippen LogP contribution < -0.4 is 5.32 Å². The van der Waals surface area contributed by atoms with Gasteiger partial charge in [-0.15, -0.1) is 0 Å². The quantitative estimate of drug-likeness (QED) is 0.0195. The van der Waals surface area contributed by atoms with Crippen molar-refractivity contribution in [2.24, 2.45) is 0 Å². The van der Waals surface area contributed by atoms with E-state index < -0.39 is 49.5 Å². The third-order valence-corrected chi connectivity index (χ3v) is 14.0. The summed E-state index contributed by atoms with van der Waals surface area (Å²) in [5, 5.41) is 54.2. The number of esters is 1. The molecule has 0 radical (unpaired) electrons. The fourth-order valence-electron chi connectivity index (χ4n) is 9.19. The highest BCUT2D eigenvalue weighted by Crippen LogP contribution is 2.23. The lowest BCUT2D eigenvalue weighted by Gasteiger charge is -2.40. The molecule has 0 saturated carbocycles. The standard InChI is InChI=1S/C60H111NO10/c1-3-5-7-9-11-13-14-15-25-28-32-36-40-44-48-56(65)69-49-45-41-37-33-29-26-23-21-19-17-16-18-20-22-24-27-31-35-39-43-47-55(64)61-52(53(63)46-42-38-34-30-12-10-8-6-4-2)51-70-60-59(68)58(67)57(66)54(50-62)71-60/h14-16,18,42,46,52-54,57-60,62-63,66-68H,3-13,17,19-41,43-45,47-51H2,1-2H3,(H,61,64)/b15-14-,18-16-,46-42+. The van der Waals surface area contributed by atoms with Crippen LogP contribution in [0.4, 0.5) is 0 Å².